The van der Waals surface area contributed by atoms with Crippen LogP contribution in [0.15, 0.2) is 36.4 Å². The third kappa shape index (κ3) is 6.90. The molecule has 2 fully saturated rings. The summed E-state index contributed by atoms with van der Waals surface area (Å²) in [7, 11) is 1.30. The van der Waals surface area contributed by atoms with E-state index in [1.54, 1.807) is 38.8 Å². The van der Waals surface area contributed by atoms with Gasteiger partial charge in [0.05, 0.1) is 60.9 Å². The van der Waals surface area contributed by atoms with E-state index >= 15 is 0 Å². The van der Waals surface area contributed by atoms with E-state index in [1.165, 1.54) is 12.0 Å². The lowest BCUT2D eigenvalue weighted by atomic mass is 9.81. The summed E-state index contributed by atoms with van der Waals surface area (Å²) in [4.78, 5) is 29.8. The van der Waals surface area contributed by atoms with Crippen LogP contribution in [0.5, 0.6) is 5.75 Å². The van der Waals surface area contributed by atoms with Gasteiger partial charge in [-0.15, -0.1) is 0 Å². The third-order valence-corrected chi connectivity index (χ3v) is 12.6. The second-order valence-corrected chi connectivity index (χ2v) is 16.9. The van der Waals surface area contributed by atoms with Crippen molar-refractivity contribution in [2.45, 2.75) is 76.7 Å². The van der Waals surface area contributed by atoms with E-state index in [-0.39, 0.29) is 17.6 Å². The summed E-state index contributed by atoms with van der Waals surface area (Å²) in [6, 6.07) is 11.6. The van der Waals surface area contributed by atoms with Crippen molar-refractivity contribution in [3.63, 3.8) is 0 Å². The van der Waals surface area contributed by atoms with Gasteiger partial charge in [-0.2, -0.15) is 5.10 Å². The van der Waals surface area contributed by atoms with E-state index in [9.17, 15) is 18.0 Å². The number of fused-ring (bicyclic) bond motifs is 5. The van der Waals surface area contributed by atoms with E-state index in [0.717, 1.165) is 59.0 Å². The number of ether oxygens (including phenoxy) is 3. The number of morpholine rings is 1. The van der Waals surface area contributed by atoms with E-state index in [4.69, 9.17) is 19.3 Å². The van der Waals surface area contributed by atoms with Crippen molar-refractivity contribution in [3.05, 3.63) is 70.0 Å². The summed E-state index contributed by atoms with van der Waals surface area (Å²) in [6.45, 7) is 7.00. The first-order valence-corrected chi connectivity index (χ1v) is 20.0. The number of nitrogens with one attached hydrogen (secondary N) is 1. The molecule has 1 aliphatic carbocycles. The van der Waals surface area contributed by atoms with E-state index < -0.39 is 21.2 Å². The average Bonchev–Trinajstić information content (AvgIpc) is 3.56. The van der Waals surface area contributed by atoms with Crippen LogP contribution in [0.25, 0.3) is 33.8 Å². The molecule has 1 atom stereocenters. The van der Waals surface area contributed by atoms with Crippen molar-refractivity contribution < 1.29 is 32.2 Å². The average molecular weight is 744 g/mol. The molecule has 282 valence electrons. The molecule has 53 heavy (non-hydrogen) atoms. The van der Waals surface area contributed by atoms with Crippen molar-refractivity contribution in [1.82, 2.24) is 24.0 Å². The molecule has 3 aliphatic rings. The monoisotopic (exact) mass is 743 g/mol. The summed E-state index contributed by atoms with van der Waals surface area (Å²) in [5.41, 5.74) is 8.09. The molecule has 1 saturated carbocycles. The topological polar surface area (TPSA) is 134 Å². The zero-order chi connectivity index (χ0) is 37.6. The number of nitrogens with zero attached hydrogens (tertiary/aromatic N) is 4. The zero-order valence-electron chi connectivity index (χ0n) is 31.4. The molecule has 1 saturated heterocycles. The zero-order valence-corrected chi connectivity index (χ0v) is 32.2. The van der Waals surface area contributed by atoms with Crippen LogP contribution in [0.3, 0.4) is 0 Å². The lowest BCUT2D eigenvalue weighted by molar-refractivity contribution is -0.0531. The maximum Gasteiger partial charge on any atom is 0.264 e. The molecular formula is C40H49N5O7S. The highest BCUT2D eigenvalue weighted by Crippen LogP contribution is 2.48. The second kappa shape index (κ2) is 14.8. The van der Waals surface area contributed by atoms with Crippen molar-refractivity contribution >= 4 is 44.4 Å². The predicted octanol–water partition coefficient (Wildman–Crippen LogP) is 5.92. The van der Waals surface area contributed by atoms with Gasteiger partial charge in [0, 0.05) is 49.3 Å². The number of benzene rings is 2. The summed E-state index contributed by atoms with van der Waals surface area (Å²) >= 11 is 0. The number of rotatable bonds is 9. The number of carbonyl (C=O) groups excluding carboxylic acids is 2. The van der Waals surface area contributed by atoms with Crippen LogP contribution in [0.4, 0.5) is 0 Å². The standard InChI is InChI=1S/C40H49N5O7S/c1-24(2)53(48,49)42-39(46)27-12-14-33-34(20-27)45-21-29(37-35(25(3)41-43(37)4)40(47)44-16-17-52-31(22-44)23-50-5)18-28-19-30(51-6)13-15-32(28)38(45)36(33)26-10-8-7-9-11-26/h12-15,18-20,24,26,31H,7-11,16-17,21-23H2,1-6H3,(H,42,46)/t31-/m0/s1. The van der Waals surface area contributed by atoms with Gasteiger partial charge < -0.3 is 23.7 Å². The molecule has 2 aromatic carbocycles. The Morgan fingerprint density at radius 2 is 1.83 bits per heavy atom. The first kappa shape index (κ1) is 36.9. The van der Waals surface area contributed by atoms with Gasteiger partial charge in [-0.05, 0) is 92.6 Å². The van der Waals surface area contributed by atoms with Gasteiger partial charge in [-0.1, -0.05) is 25.3 Å². The van der Waals surface area contributed by atoms with Gasteiger partial charge in [0.2, 0.25) is 10.0 Å². The van der Waals surface area contributed by atoms with Crippen LogP contribution in [-0.4, -0.2) is 91.4 Å². The van der Waals surface area contributed by atoms with Crippen molar-refractivity contribution in [2.24, 2.45) is 7.05 Å². The Bertz CT molecular complexity index is 2210. The Morgan fingerprint density at radius 3 is 2.55 bits per heavy atom. The number of methoxy groups -OCH3 is 2. The fourth-order valence-corrected chi connectivity index (χ4v) is 8.88. The Balaban J connectivity index is 1.43. The van der Waals surface area contributed by atoms with Crippen molar-refractivity contribution in [2.75, 3.05) is 40.5 Å². The highest BCUT2D eigenvalue weighted by molar-refractivity contribution is 7.90. The number of allylic oxidation sites excluding steroid dienone is 1. The molecule has 0 unspecified atom stereocenters. The first-order chi connectivity index (χ1) is 25.4. The lowest BCUT2D eigenvalue weighted by Gasteiger charge is -2.32. The number of aromatic nitrogens is 3. The molecule has 0 radical (unpaired) electrons. The summed E-state index contributed by atoms with van der Waals surface area (Å²) in [5.74, 6) is 0.232. The Labute approximate surface area is 311 Å². The first-order valence-electron chi connectivity index (χ1n) is 18.5. The number of aryl methyl sites for hydroxylation is 2. The molecular weight excluding hydrogens is 695 g/mol. The Hall–Kier alpha value is -4.46. The fourth-order valence-electron chi connectivity index (χ4n) is 8.26. The predicted molar refractivity (Wildman–Crippen MR) is 205 cm³/mol. The molecule has 0 spiro atoms. The van der Waals surface area contributed by atoms with Gasteiger partial charge in [-0.25, -0.2) is 13.1 Å². The molecule has 2 aromatic heterocycles. The highest BCUT2D eigenvalue weighted by atomic mass is 32.2. The minimum absolute atomic E-state index is 0.114. The van der Waals surface area contributed by atoms with Crippen LogP contribution < -0.4 is 9.46 Å². The molecule has 4 aromatic rings. The summed E-state index contributed by atoms with van der Waals surface area (Å²) < 4.78 is 48.7. The molecule has 7 rings (SSSR count). The fraction of sp³-hybridized carbons (Fsp3) is 0.475. The highest BCUT2D eigenvalue weighted by Gasteiger charge is 2.34. The quantitative estimate of drug-likeness (QED) is 0.224. The molecule has 0 bridgehead atoms. The van der Waals surface area contributed by atoms with Crippen LogP contribution in [0.2, 0.25) is 0 Å². The molecule has 13 heteroatoms. The Morgan fingerprint density at radius 1 is 1.06 bits per heavy atom. The maximum absolute atomic E-state index is 14.5. The number of amides is 2. The number of carbonyl (C=O) groups is 2. The maximum atomic E-state index is 14.5. The van der Waals surface area contributed by atoms with E-state index in [0.29, 0.717) is 61.5 Å². The van der Waals surface area contributed by atoms with Gasteiger partial charge in [0.25, 0.3) is 11.8 Å². The molecule has 2 aliphatic heterocycles. The van der Waals surface area contributed by atoms with Crippen LogP contribution >= 0.6 is 0 Å². The second-order valence-electron chi connectivity index (χ2n) is 14.7. The van der Waals surface area contributed by atoms with Crippen LogP contribution in [0, 0.1) is 6.92 Å². The van der Waals surface area contributed by atoms with Gasteiger partial charge in [0.1, 0.15) is 5.75 Å². The molecule has 12 nitrogen and oxygen atoms in total. The minimum Gasteiger partial charge on any atom is -0.497 e. The SMILES string of the molecule is COC[C@@H]1CN(C(=O)c2c(C)nn(C)c2C2=Cc3cc(OC)ccc3-c3c(C4CCCCC4)c4ccc(C(=O)NS(=O)(=O)C(C)C)cc4n3C2)CCO1. The summed E-state index contributed by atoms with van der Waals surface area (Å²) in [5, 5.41) is 5.06. The van der Waals surface area contributed by atoms with Gasteiger partial charge >= 0.3 is 0 Å². The molecule has 4 heterocycles. The van der Waals surface area contributed by atoms with Crippen molar-refractivity contribution in [1.29, 1.82) is 0 Å². The molecule has 1 N–H and O–H groups in total. The lowest BCUT2D eigenvalue weighted by Crippen LogP contribution is -2.47. The number of hydrogen-bond donors (Lipinski definition) is 1. The third-order valence-electron chi connectivity index (χ3n) is 10.9. The summed E-state index contributed by atoms with van der Waals surface area (Å²) in [6.07, 6.45) is 7.48. The normalized spacial score (nSPS) is 18.1. The Kier molecular flexibility index (Phi) is 10.3. The number of hydrogen-bond acceptors (Lipinski definition) is 8. The van der Waals surface area contributed by atoms with Crippen LogP contribution in [-0.2, 0) is 33.1 Å². The van der Waals surface area contributed by atoms with E-state index in [1.807, 2.05) is 43.1 Å². The van der Waals surface area contributed by atoms with Gasteiger partial charge in [0.15, 0.2) is 0 Å². The number of sulfonamides is 1. The smallest absolute Gasteiger partial charge is 0.264 e. The van der Waals surface area contributed by atoms with Crippen molar-refractivity contribution in [3.8, 4) is 17.0 Å². The molecule has 2 amide bonds. The minimum atomic E-state index is -3.84. The van der Waals surface area contributed by atoms with Crippen LogP contribution in [0.1, 0.15) is 95.1 Å². The van der Waals surface area contributed by atoms with Gasteiger partial charge in [-0.3, -0.25) is 14.3 Å². The van der Waals surface area contributed by atoms with E-state index in [2.05, 4.69) is 21.4 Å². The largest absolute Gasteiger partial charge is 0.497 e.